The SMILES string of the molecule is CCn1cc(OC(C)CCCNC2CC2)cn1. The van der Waals surface area contributed by atoms with Crippen molar-refractivity contribution in [3.8, 4) is 5.75 Å². The Kier molecular flexibility index (Phi) is 4.42. The normalized spacial score (nSPS) is 17.1. The molecule has 96 valence electrons. The van der Waals surface area contributed by atoms with Crippen molar-refractivity contribution in [1.82, 2.24) is 15.1 Å². The van der Waals surface area contributed by atoms with Gasteiger partial charge in [-0.2, -0.15) is 5.10 Å². The molecule has 0 bridgehead atoms. The summed E-state index contributed by atoms with van der Waals surface area (Å²) in [6, 6.07) is 0.814. The zero-order valence-corrected chi connectivity index (χ0v) is 10.9. The summed E-state index contributed by atoms with van der Waals surface area (Å²) in [7, 11) is 0. The Morgan fingerprint density at radius 1 is 1.59 bits per heavy atom. The highest BCUT2D eigenvalue weighted by atomic mass is 16.5. The third kappa shape index (κ3) is 4.38. The molecule has 4 nitrogen and oxygen atoms in total. The molecule has 0 spiro atoms. The van der Waals surface area contributed by atoms with E-state index in [0.717, 1.165) is 31.3 Å². The largest absolute Gasteiger partial charge is 0.487 e. The van der Waals surface area contributed by atoms with Crippen LogP contribution in [0.5, 0.6) is 5.75 Å². The van der Waals surface area contributed by atoms with Crippen molar-refractivity contribution in [2.75, 3.05) is 6.54 Å². The van der Waals surface area contributed by atoms with Crippen LogP contribution in [0.4, 0.5) is 0 Å². The molecule has 2 rings (SSSR count). The van der Waals surface area contributed by atoms with Crippen molar-refractivity contribution < 1.29 is 4.74 Å². The standard InChI is InChI=1S/C13H23N3O/c1-3-16-10-13(9-15-16)17-11(2)5-4-8-14-12-6-7-12/h9-12,14H,3-8H2,1-2H3. The Morgan fingerprint density at radius 2 is 2.41 bits per heavy atom. The van der Waals surface area contributed by atoms with Gasteiger partial charge in [0.05, 0.1) is 18.5 Å². The second kappa shape index (κ2) is 6.05. The topological polar surface area (TPSA) is 39.1 Å². The van der Waals surface area contributed by atoms with Gasteiger partial charge < -0.3 is 10.1 Å². The molecule has 1 aliphatic carbocycles. The molecule has 0 radical (unpaired) electrons. The van der Waals surface area contributed by atoms with Gasteiger partial charge in [0.2, 0.25) is 0 Å². The van der Waals surface area contributed by atoms with Crippen LogP contribution in [0.25, 0.3) is 0 Å². The van der Waals surface area contributed by atoms with Crippen molar-refractivity contribution in [2.45, 2.75) is 58.2 Å². The quantitative estimate of drug-likeness (QED) is 0.705. The second-order valence-electron chi connectivity index (χ2n) is 4.83. The molecule has 1 heterocycles. The van der Waals surface area contributed by atoms with Gasteiger partial charge in [-0.1, -0.05) is 0 Å². The highest BCUT2D eigenvalue weighted by Crippen LogP contribution is 2.18. The summed E-state index contributed by atoms with van der Waals surface area (Å²) in [6.45, 7) is 6.21. The maximum absolute atomic E-state index is 5.81. The van der Waals surface area contributed by atoms with Crippen LogP contribution < -0.4 is 10.1 Å². The number of nitrogens with one attached hydrogen (secondary N) is 1. The molecular weight excluding hydrogens is 214 g/mol. The van der Waals surface area contributed by atoms with Gasteiger partial charge in [-0.3, -0.25) is 4.68 Å². The lowest BCUT2D eigenvalue weighted by Crippen LogP contribution is -2.20. The molecule has 0 amide bonds. The highest BCUT2D eigenvalue weighted by molar-refractivity contribution is 5.11. The summed E-state index contributed by atoms with van der Waals surface area (Å²) in [5.74, 6) is 0.884. The van der Waals surface area contributed by atoms with Gasteiger partial charge in [-0.25, -0.2) is 0 Å². The lowest BCUT2D eigenvalue weighted by atomic mass is 10.2. The minimum absolute atomic E-state index is 0.269. The fourth-order valence-corrected chi connectivity index (χ4v) is 1.85. The third-order valence-corrected chi connectivity index (χ3v) is 3.07. The maximum atomic E-state index is 5.81. The Labute approximate surface area is 103 Å². The van der Waals surface area contributed by atoms with Gasteiger partial charge in [0, 0.05) is 12.6 Å². The van der Waals surface area contributed by atoms with Crippen LogP contribution in [0, 0.1) is 0 Å². The molecule has 0 aliphatic heterocycles. The van der Waals surface area contributed by atoms with Crippen LogP contribution >= 0.6 is 0 Å². The summed E-state index contributed by atoms with van der Waals surface area (Å²) in [5, 5.41) is 7.71. The lowest BCUT2D eigenvalue weighted by molar-refractivity contribution is 0.207. The zero-order chi connectivity index (χ0) is 12.1. The molecule has 1 atom stereocenters. The van der Waals surface area contributed by atoms with E-state index >= 15 is 0 Å². The van der Waals surface area contributed by atoms with Crippen molar-refractivity contribution in [3.63, 3.8) is 0 Å². The van der Waals surface area contributed by atoms with Crippen LogP contribution in [0.15, 0.2) is 12.4 Å². The van der Waals surface area contributed by atoms with Gasteiger partial charge in [0.25, 0.3) is 0 Å². The smallest absolute Gasteiger partial charge is 0.157 e. The molecule has 4 heteroatoms. The molecule has 1 fully saturated rings. The van der Waals surface area contributed by atoms with Crippen molar-refractivity contribution in [3.05, 3.63) is 12.4 Å². The number of hydrogen-bond donors (Lipinski definition) is 1. The van der Waals surface area contributed by atoms with Gasteiger partial charge in [-0.05, 0) is 46.1 Å². The first-order valence-corrected chi connectivity index (χ1v) is 6.70. The van der Waals surface area contributed by atoms with Crippen LogP contribution in [-0.2, 0) is 6.54 Å². The third-order valence-electron chi connectivity index (χ3n) is 3.07. The summed E-state index contributed by atoms with van der Waals surface area (Å²) < 4.78 is 7.69. The minimum Gasteiger partial charge on any atom is -0.487 e. The average molecular weight is 237 g/mol. The average Bonchev–Trinajstić information content (AvgIpc) is 3.04. The Morgan fingerprint density at radius 3 is 3.06 bits per heavy atom. The molecule has 1 saturated carbocycles. The molecule has 1 unspecified atom stereocenters. The van der Waals surface area contributed by atoms with Gasteiger partial charge in [0.15, 0.2) is 5.75 Å². The molecule has 1 aromatic heterocycles. The highest BCUT2D eigenvalue weighted by Gasteiger charge is 2.19. The number of nitrogens with zero attached hydrogens (tertiary/aromatic N) is 2. The number of aryl methyl sites for hydroxylation is 1. The zero-order valence-electron chi connectivity index (χ0n) is 10.9. The molecule has 0 saturated heterocycles. The first kappa shape index (κ1) is 12.4. The predicted molar refractivity (Wildman–Crippen MR) is 68.2 cm³/mol. The van der Waals surface area contributed by atoms with E-state index in [1.54, 1.807) is 6.20 Å². The minimum atomic E-state index is 0.269. The van der Waals surface area contributed by atoms with Crippen molar-refractivity contribution in [2.24, 2.45) is 0 Å². The van der Waals surface area contributed by atoms with E-state index in [9.17, 15) is 0 Å². The maximum Gasteiger partial charge on any atom is 0.157 e. The molecular formula is C13H23N3O. The van der Waals surface area contributed by atoms with Crippen LogP contribution in [0.2, 0.25) is 0 Å². The first-order valence-electron chi connectivity index (χ1n) is 6.70. The summed E-state index contributed by atoms with van der Waals surface area (Å²) in [6.07, 6.45) is 9.02. The van der Waals surface area contributed by atoms with Gasteiger partial charge >= 0.3 is 0 Å². The van der Waals surface area contributed by atoms with Gasteiger partial charge in [0.1, 0.15) is 0 Å². The Bertz CT molecular complexity index is 333. The molecule has 1 N–H and O–H groups in total. The molecule has 17 heavy (non-hydrogen) atoms. The van der Waals surface area contributed by atoms with E-state index in [1.807, 2.05) is 10.9 Å². The van der Waals surface area contributed by atoms with Crippen LogP contribution in [0.3, 0.4) is 0 Å². The monoisotopic (exact) mass is 237 g/mol. The van der Waals surface area contributed by atoms with E-state index in [1.165, 1.54) is 19.3 Å². The van der Waals surface area contributed by atoms with Crippen molar-refractivity contribution in [1.29, 1.82) is 0 Å². The Balaban J connectivity index is 1.60. The number of aromatic nitrogens is 2. The van der Waals surface area contributed by atoms with Crippen LogP contribution in [0.1, 0.15) is 39.5 Å². The fourth-order valence-electron chi connectivity index (χ4n) is 1.85. The summed E-state index contributed by atoms with van der Waals surface area (Å²) >= 11 is 0. The summed E-state index contributed by atoms with van der Waals surface area (Å²) in [4.78, 5) is 0. The van der Waals surface area contributed by atoms with E-state index < -0.39 is 0 Å². The molecule has 1 aromatic rings. The van der Waals surface area contributed by atoms with Crippen molar-refractivity contribution >= 4 is 0 Å². The van der Waals surface area contributed by atoms with E-state index in [0.29, 0.717) is 0 Å². The molecule has 1 aliphatic rings. The van der Waals surface area contributed by atoms with Gasteiger partial charge in [-0.15, -0.1) is 0 Å². The number of ether oxygens (including phenoxy) is 1. The van der Waals surface area contributed by atoms with E-state index in [2.05, 4.69) is 24.3 Å². The van der Waals surface area contributed by atoms with E-state index in [4.69, 9.17) is 4.74 Å². The number of rotatable bonds is 8. The lowest BCUT2D eigenvalue weighted by Gasteiger charge is -2.12. The second-order valence-corrected chi connectivity index (χ2v) is 4.83. The first-order chi connectivity index (χ1) is 8.28. The Hall–Kier alpha value is -1.03. The fraction of sp³-hybridized carbons (Fsp3) is 0.769. The predicted octanol–water partition coefficient (Wildman–Crippen LogP) is 2.20. The summed E-state index contributed by atoms with van der Waals surface area (Å²) in [5.41, 5.74) is 0. The number of hydrogen-bond acceptors (Lipinski definition) is 3. The van der Waals surface area contributed by atoms with Crippen LogP contribution in [-0.4, -0.2) is 28.5 Å². The van der Waals surface area contributed by atoms with E-state index in [-0.39, 0.29) is 6.10 Å². The molecule has 0 aromatic carbocycles.